The fraction of sp³-hybridized carbons (Fsp3) is 0.125. The first kappa shape index (κ1) is 19.6. The molecule has 0 aliphatic carbocycles. The van der Waals surface area contributed by atoms with Crippen molar-refractivity contribution in [2.45, 2.75) is 6.42 Å². The number of carbonyl (C=O) groups is 1. The third-order valence-corrected chi connectivity index (χ3v) is 5.34. The lowest BCUT2D eigenvalue weighted by Crippen LogP contribution is -2.21. The third kappa shape index (κ3) is 3.85. The Balaban J connectivity index is 1.27. The highest BCUT2D eigenvalue weighted by molar-refractivity contribution is 6.00. The van der Waals surface area contributed by atoms with E-state index in [0.717, 1.165) is 29.9 Å². The molecule has 0 saturated carbocycles. The number of nitrogens with zero attached hydrogens (tertiary/aromatic N) is 3. The molecule has 2 N–H and O–H groups in total. The van der Waals surface area contributed by atoms with Crippen molar-refractivity contribution in [3.63, 3.8) is 0 Å². The van der Waals surface area contributed by atoms with E-state index in [1.807, 2.05) is 36.4 Å². The second-order valence-corrected chi connectivity index (χ2v) is 7.56. The third-order valence-electron chi connectivity index (χ3n) is 5.34. The molecule has 1 aliphatic rings. The number of aryl methyl sites for hydroxylation is 1. The first-order valence-electron chi connectivity index (χ1n) is 10.2. The summed E-state index contributed by atoms with van der Waals surface area (Å²) in [6.45, 7) is 0.722. The lowest BCUT2D eigenvalue weighted by molar-refractivity contribution is 0.262. The molecule has 2 amide bonds. The van der Waals surface area contributed by atoms with E-state index in [-0.39, 0.29) is 11.7 Å². The zero-order valence-corrected chi connectivity index (χ0v) is 17.4. The van der Waals surface area contributed by atoms with E-state index in [9.17, 15) is 9.59 Å². The molecular weight excluding hydrogens is 406 g/mol. The van der Waals surface area contributed by atoms with Crippen LogP contribution >= 0.6 is 0 Å². The van der Waals surface area contributed by atoms with E-state index in [1.54, 1.807) is 31.3 Å². The maximum absolute atomic E-state index is 12.5. The number of carbonyl (C=O) groups excluding carboxylic acids is 1. The van der Waals surface area contributed by atoms with Crippen LogP contribution < -0.4 is 21.1 Å². The minimum absolute atomic E-state index is 0.237. The Morgan fingerprint density at radius 2 is 1.75 bits per heavy atom. The van der Waals surface area contributed by atoms with Crippen LogP contribution in [0.3, 0.4) is 0 Å². The summed E-state index contributed by atoms with van der Waals surface area (Å²) in [5.41, 5.74) is 4.97. The minimum atomic E-state index is -0.354. The summed E-state index contributed by atoms with van der Waals surface area (Å²) in [6, 6.07) is 20.4. The Kier molecular flexibility index (Phi) is 4.95. The molecule has 8 nitrogen and oxygen atoms in total. The van der Waals surface area contributed by atoms with Gasteiger partial charge in [-0.05, 0) is 65.2 Å². The molecule has 32 heavy (non-hydrogen) atoms. The van der Waals surface area contributed by atoms with Crippen LogP contribution in [0, 0.1) is 0 Å². The van der Waals surface area contributed by atoms with Gasteiger partial charge in [0, 0.05) is 24.8 Å². The predicted molar refractivity (Wildman–Crippen MR) is 123 cm³/mol. The number of amides is 2. The van der Waals surface area contributed by atoms with Gasteiger partial charge in [0.2, 0.25) is 0 Å². The molecule has 4 aromatic rings. The molecule has 0 saturated heterocycles. The van der Waals surface area contributed by atoms with Gasteiger partial charge in [0.15, 0.2) is 0 Å². The average molecular weight is 427 g/mol. The van der Waals surface area contributed by atoms with Gasteiger partial charge in [-0.15, -0.1) is 0 Å². The minimum Gasteiger partial charge on any atom is -0.493 e. The number of nitrogens with one attached hydrogen (secondary N) is 2. The quantitative estimate of drug-likeness (QED) is 0.518. The number of benzene rings is 3. The van der Waals surface area contributed by atoms with Gasteiger partial charge in [0.05, 0.1) is 12.3 Å². The maximum atomic E-state index is 12.5. The van der Waals surface area contributed by atoms with Gasteiger partial charge >= 0.3 is 11.7 Å². The van der Waals surface area contributed by atoms with Gasteiger partial charge in [-0.2, -0.15) is 9.78 Å². The largest absolute Gasteiger partial charge is 0.493 e. The number of hydrogen-bond donors (Lipinski definition) is 2. The molecule has 160 valence electrons. The van der Waals surface area contributed by atoms with Crippen molar-refractivity contribution in [1.29, 1.82) is 0 Å². The highest BCUT2D eigenvalue weighted by atomic mass is 16.5. The van der Waals surface area contributed by atoms with Crippen LogP contribution in [0.4, 0.5) is 16.2 Å². The van der Waals surface area contributed by atoms with Gasteiger partial charge < -0.3 is 15.4 Å². The van der Waals surface area contributed by atoms with Crippen molar-refractivity contribution in [3.05, 3.63) is 89.1 Å². The van der Waals surface area contributed by atoms with E-state index >= 15 is 0 Å². The molecular formula is C24H21N5O3. The first-order chi connectivity index (χ1) is 15.6. The van der Waals surface area contributed by atoms with Crippen molar-refractivity contribution >= 4 is 17.4 Å². The molecule has 0 radical (unpaired) electrons. The lowest BCUT2D eigenvalue weighted by atomic mass is 10.0. The SMILES string of the molecule is Cn1cnn(-c2ccc(NC(=O)Nc3cccc(-c4ccc5c(c4)CCO5)c3)cc2)c1=O. The van der Waals surface area contributed by atoms with Gasteiger partial charge in [-0.25, -0.2) is 9.59 Å². The van der Waals surface area contributed by atoms with Crippen LogP contribution in [0.5, 0.6) is 5.75 Å². The average Bonchev–Trinajstić information content (AvgIpc) is 3.40. The van der Waals surface area contributed by atoms with Crippen molar-refractivity contribution in [2.75, 3.05) is 17.2 Å². The molecule has 8 heteroatoms. The smallest absolute Gasteiger partial charge is 0.350 e. The van der Waals surface area contributed by atoms with Crippen molar-refractivity contribution in [2.24, 2.45) is 7.05 Å². The number of aromatic nitrogens is 3. The molecule has 0 unspecified atom stereocenters. The predicted octanol–water partition coefficient (Wildman–Crippen LogP) is 3.82. The molecule has 0 bridgehead atoms. The molecule has 2 heterocycles. The number of hydrogen-bond acceptors (Lipinski definition) is 4. The first-order valence-corrected chi connectivity index (χ1v) is 10.2. The normalized spacial score (nSPS) is 12.2. The molecule has 1 aliphatic heterocycles. The van der Waals surface area contributed by atoms with E-state index in [4.69, 9.17) is 4.74 Å². The Morgan fingerprint density at radius 1 is 0.969 bits per heavy atom. The fourth-order valence-electron chi connectivity index (χ4n) is 3.68. The topological polar surface area (TPSA) is 90.2 Å². The summed E-state index contributed by atoms with van der Waals surface area (Å²) in [4.78, 5) is 24.5. The maximum Gasteiger partial charge on any atom is 0.350 e. The van der Waals surface area contributed by atoms with Crippen LogP contribution in [-0.4, -0.2) is 27.0 Å². The van der Waals surface area contributed by atoms with Gasteiger partial charge in [0.1, 0.15) is 12.1 Å². The number of rotatable bonds is 4. The molecule has 3 aromatic carbocycles. The Hall–Kier alpha value is -4.33. The van der Waals surface area contributed by atoms with Gasteiger partial charge in [-0.1, -0.05) is 18.2 Å². The molecule has 0 spiro atoms. The zero-order chi connectivity index (χ0) is 22.1. The van der Waals surface area contributed by atoms with E-state index in [2.05, 4.69) is 21.8 Å². The highest BCUT2D eigenvalue weighted by Crippen LogP contribution is 2.31. The summed E-state index contributed by atoms with van der Waals surface area (Å²) >= 11 is 0. The summed E-state index contributed by atoms with van der Waals surface area (Å²) in [5.74, 6) is 0.946. The van der Waals surface area contributed by atoms with E-state index in [1.165, 1.54) is 21.1 Å². The van der Waals surface area contributed by atoms with Crippen LogP contribution in [0.2, 0.25) is 0 Å². The Morgan fingerprint density at radius 3 is 2.53 bits per heavy atom. The summed E-state index contributed by atoms with van der Waals surface area (Å²) in [7, 11) is 1.64. The standard InChI is InChI=1S/C24H21N5O3/c1-28-15-25-29(24(28)31)21-8-6-19(7-9-21)26-23(30)27-20-4-2-3-16(14-20)17-5-10-22-18(13-17)11-12-32-22/h2-10,13-15H,11-12H2,1H3,(H2,26,27,30). The van der Waals surface area contributed by atoms with Crippen LogP contribution in [0.1, 0.15) is 5.56 Å². The van der Waals surface area contributed by atoms with E-state index in [0.29, 0.717) is 17.1 Å². The number of anilines is 2. The van der Waals surface area contributed by atoms with Crippen LogP contribution in [0.25, 0.3) is 16.8 Å². The molecule has 5 rings (SSSR count). The Bertz CT molecular complexity index is 1350. The Labute approximate surface area is 184 Å². The number of urea groups is 1. The molecule has 0 atom stereocenters. The van der Waals surface area contributed by atoms with Crippen LogP contribution in [0.15, 0.2) is 77.9 Å². The van der Waals surface area contributed by atoms with Gasteiger partial charge in [-0.3, -0.25) is 4.57 Å². The monoisotopic (exact) mass is 427 g/mol. The molecule has 1 aromatic heterocycles. The van der Waals surface area contributed by atoms with Crippen molar-refractivity contribution in [3.8, 4) is 22.6 Å². The molecule has 0 fully saturated rings. The van der Waals surface area contributed by atoms with Crippen molar-refractivity contribution < 1.29 is 9.53 Å². The summed E-state index contributed by atoms with van der Waals surface area (Å²) < 4.78 is 8.26. The summed E-state index contributed by atoms with van der Waals surface area (Å²) in [6.07, 6.45) is 2.36. The number of ether oxygens (including phenoxy) is 1. The van der Waals surface area contributed by atoms with Crippen LogP contribution in [-0.2, 0) is 13.5 Å². The van der Waals surface area contributed by atoms with E-state index < -0.39 is 0 Å². The summed E-state index contributed by atoms with van der Waals surface area (Å²) in [5, 5.41) is 9.71. The van der Waals surface area contributed by atoms with Gasteiger partial charge in [0.25, 0.3) is 0 Å². The van der Waals surface area contributed by atoms with Crippen molar-refractivity contribution in [1.82, 2.24) is 14.3 Å². The second-order valence-electron chi connectivity index (χ2n) is 7.56. The zero-order valence-electron chi connectivity index (χ0n) is 17.4. The lowest BCUT2D eigenvalue weighted by Gasteiger charge is -2.10. The highest BCUT2D eigenvalue weighted by Gasteiger charge is 2.13. The number of fused-ring (bicyclic) bond motifs is 1. The second kappa shape index (κ2) is 8.07. The fourth-order valence-corrected chi connectivity index (χ4v) is 3.68.